The molecule has 3 N–H and O–H groups in total. The van der Waals surface area contributed by atoms with Crippen molar-refractivity contribution in [2.24, 2.45) is 5.10 Å². The Kier molecular flexibility index (Phi) is 9.22. The number of amides is 1. The summed E-state index contributed by atoms with van der Waals surface area (Å²) in [6, 6.07) is 18.9. The Balaban J connectivity index is 1.81. The number of sulfonamides is 1. The molecule has 0 saturated carbocycles. The molecule has 0 spiro atoms. The number of hydrazone groups is 1. The normalized spacial score (nSPS) is 11.5. The van der Waals surface area contributed by atoms with Crippen molar-refractivity contribution in [1.82, 2.24) is 5.43 Å². The molecule has 0 radical (unpaired) electrons. The van der Waals surface area contributed by atoms with Crippen LogP contribution in [-0.4, -0.2) is 44.8 Å². The van der Waals surface area contributed by atoms with Gasteiger partial charge in [0.05, 0.1) is 36.4 Å². The maximum atomic E-state index is 12.9. The van der Waals surface area contributed by atoms with Gasteiger partial charge in [-0.05, 0) is 67.1 Å². The maximum Gasteiger partial charge on any atom is 0.303 e. The Bertz CT molecular complexity index is 1390. The zero-order valence-electron chi connectivity index (χ0n) is 20.3. The molecular formula is C26H27N3O7S. The number of methoxy groups -OCH3 is 1. The molecular weight excluding hydrogens is 498 g/mol. The second kappa shape index (κ2) is 12.5. The number of para-hydroxylation sites is 2. The molecule has 0 atom stereocenters. The van der Waals surface area contributed by atoms with E-state index in [1.54, 1.807) is 48.5 Å². The van der Waals surface area contributed by atoms with Gasteiger partial charge in [0.1, 0.15) is 11.5 Å². The zero-order valence-corrected chi connectivity index (χ0v) is 21.1. The number of hydrogen-bond acceptors (Lipinski definition) is 7. The van der Waals surface area contributed by atoms with Crippen LogP contribution in [0.15, 0.2) is 82.8 Å². The topological polar surface area (TPSA) is 143 Å². The van der Waals surface area contributed by atoms with Gasteiger partial charge in [-0.3, -0.25) is 14.3 Å². The Hall–Kier alpha value is -4.38. The Morgan fingerprint density at radius 1 is 0.946 bits per heavy atom. The van der Waals surface area contributed by atoms with Crippen LogP contribution in [-0.2, 0) is 14.8 Å². The third kappa shape index (κ3) is 7.55. The quantitative estimate of drug-likeness (QED) is 0.240. The number of carbonyl (C=O) groups is 2. The van der Waals surface area contributed by atoms with Crippen molar-refractivity contribution in [2.75, 3.05) is 18.4 Å². The molecule has 10 nitrogen and oxygen atoms in total. The van der Waals surface area contributed by atoms with Gasteiger partial charge >= 0.3 is 5.97 Å². The molecule has 0 aliphatic carbocycles. The molecule has 194 valence electrons. The van der Waals surface area contributed by atoms with E-state index in [2.05, 4.69) is 15.2 Å². The van der Waals surface area contributed by atoms with Crippen molar-refractivity contribution < 1.29 is 32.6 Å². The maximum absolute atomic E-state index is 12.9. The van der Waals surface area contributed by atoms with Crippen LogP contribution < -0.4 is 19.6 Å². The van der Waals surface area contributed by atoms with E-state index < -0.39 is 21.9 Å². The molecule has 0 heterocycles. The number of rotatable bonds is 12. The average Bonchev–Trinajstić information content (AvgIpc) is 2.89. The SMILES string of the molecule is CCOc1ccc(/C(CCC(=O)O)=N/NC(=O)c2cccc(S(=O)(=O)Nc3ccccc3OC)c2)cc1. The van der Waals surface area contributed by atoms with E-state index in [0.29, 0.717) is 29.4 Å². The van der Waals surface area contributed by atoms with E-state index in [9.17, 15) is 18.0 Å². The standard InChI is InChI=1S/C26H27N3O7S/c1-3-36-20-13-11-18(12-14-20)22(15-16-25(30)31)27-28-26(32)19-7-6-8-21(17-19)37(33,34)29-23-9-4-5-10-24(23)35-2/h4-14,17,29H,3,15-16H2,1-2H3,(H,28,32)(H,30,31)/b27-22+. The van der Waals surface area contributed by atoms with Gasteiger partial charge in [-0.1, -0.05) is 18.2 Å². The molecule has 0 bridgehead atoms. The number of aliphatic carboxylic acids is 1. The van der Waals surface area contributed by atoms with E-state index in [1.165, 1.54) is 31.4 Å². The number of nitrogens with zero attached hydrogens (tertiary/aromatic N) is 1. The van der Waals surface area contributed by atoms with Gasteiger partial charge in [0.25, 0.3) is 15.9 Å². The monoisotopic (exact) mass is 525 g/mol. The van der Waals surface area contributed by atoms with Gasteiger partial charge in [0, 0.05) is 12.0 Å². The molecule has 3 rings (SSSR count). The van der Waals surface area contributed by atoms with Gasteiger partial charge in [0.2, 0.25) is 0 Å². The van der Waals surface area contributed by atoms with E-state index >= 15 is 0 Å². The van der Waals surface area contributed by atoms with Crippen LogP contribution in [0.4, 0.5) is 5.69 Å². The molecule has 0 aromatic heterocycles. The van der Waals surface area contributed by atoms with Crippen LogP contribution in [0.25, 0.3) is 0 Å². The second-order valence-electron chi connectivity index (χ2n) is 7.68. The second-order valence-corrected chi connectivity index (χ2v) is 9.37. The lowest BCUT2D eigenvalue weighted by molar-refractivity contribution is -0.136. The number of ether oxygens (including phenoxy) is 2. The number of carbonyl (C=O) groups excluding carboxylic acids is 1. The molecule has 1 amide bonds. The largest absolute Gasteiger partial charge is 0.495 e. The van der Waals surface area contributed by atoms with Gasteiger partial charge < -0.3 is 14.6 Å². The Labute approximate surface area is 215 Å². The molecule has 37 heavy (non-hydrogen) atoms. The highest BCUT2D eigenvalue weighted by Gasteiger charge is 2.18. The Morgan fingerprint density at radius 3 is 2.35 bits per heavy atom. The molecule has 3 aromatic carbocycles. The number of nitrogens with one attached hydrogen (secondary N) is 2. The van der Waals surface area contributed by atoms with Crippen LogP contribution >= 0.6 is 0 Å². The fourth-order valence-electron chi connectivity index (χ4n) is 3.32. The minimum Gasteiger partial charge on any atom is -0.495 e. The van der Waals surface area contributed by atoms with Crippen LogP contribution in [0.5, 0.6) is 11.5 Å². The molecule has 3 aromatic rings. The number of anilines is 1. The minimum atomic E-state index is -4.03. The molecule has 0 fully saturated rings. The smallest absolute Gasteiger partial charge is 0.303 e. The number of hydrogen-bond donors (Lipinski definition) is 3. The first-order chi connectivity index (χ1) is 17.7. The summed E-state index contributed by atoms with van der Waals surface area (Å²) in [5, 5.41) is 13.2. The van der Waals surface area contributed by atoms with Gasteiger partial charge in [-0.2, -0.15) is 5.10 Å². The highest BCUT2D eigenvalue weighted by molar-refractivity contribution is 7.92. The van der Waals surface area contributed by atoms with Crippen LogP contribution in [0.1, 0.15) is 35.7 Å². The van der Waals surface area contributed by atoms with Crippen molar-refractivity contribution in [3.8, 4) is 11.5 Å². The minimum absolute atomic E-state index is 0.0518. The van der Waals surface area contributed by atoms with Crippen molar-refractivity contribution in [3.05, 3.63) is 83.9 Å². The number of benzene rings is 3. The van der Waals surface area contributed by atoms with Gasteiger partial charge in [-0.25, -0.2) is 13.8 Å². The fourth-order valence-corrected chi connectivity index (χ4v) is 4.44. The van der Waals surface area contributed by atoms with Crippen molar-refractivity contribution in [3.63, 3.8) is 0 Å². The summed E-state index contributed by atoms with van der Waals surface area (Å²) in [5.41, 5.74) is 3.66. The highest BCUT2D eigenvalue weighted by atomic mass is 32.2. The summed E-state index contributed by atoms with van der Waals surface area (Å²) in [7, 11) is -2.60. The van der Waals surface area contributed by atoms with E-state index in [4.69, 9.17) is 14.6 Å². The molecule has 0 aliphatic rings. The van der Waals surface area contributed by atoms with Crippen molar-refractivity contribution >= 4 is 33.3 Å². The van der Waals surface area contributed by atoms with Crippen LogP contribution in [0.2, 0.25) is 0 Å². The Morgan fingerprint density at radius 2 is 1.68 bits per heavy atom. The van der Waals surface area contributed by atoms with Crippen LogP contribution in [0.3, 0.4) is 0 Å². The number of carboxylic acid groups (broad SMARTS) is 1. The van der Waals surface area contributed by atoms with Gasteiger partial charge in [-0.15, -0.1) is 0 Å². The van der Waals surface area contributed by atoms with E-state index in [-0.39, 0.29) is 29.0 Å². The predicted octanol–water partition coefficient (Wildman–Crippen LogP) is 3.89. The lowest BCUT2D eigenvalue weighted by Crippen LogP contribution is -2.21. The summed E-state index contributed by atoms with van der Waals surface area (Å²) in [5.74, 6) is -0.677. The summed E-state index contributed by atoms with van der Waals surface area (Å²) < 4.78 is 38.9. The summed E-state index contributed by atoms with van der Waals surface area (Å²) in [6.45, 7) is 2.36. The fraction of sp³-hybridized carbons (Fsp3) is 0.192. The summed E-state index contributed by atoms with van der Waals surface area (Å²) >= 11 is 0. The molecule has 11 heteroatoms. The highest BCUT2D eigenvalue weighted by Crippen LogP contribution is 2.26. The summed E-state index contributed by atoms with van der Waals surface area (Å²) in [6.07, 6.45) is -0.120. The molecule has 0 unspecified atom stereocenters. The van der Waals surface area contributed by atoms with E-state index in [1.807, 2.05) is 6.92 Å². The third-order valence-electron chi connectivity index (χ3n) is 5.12. The zero-order chi connectivity index (χ0) is 26.8. The van der Waals surface area contributed by atoms with Gasteiger partial charge in [0.15, 0.2) is 0 Å². The van der Waals surface area contributed by atoms with E-state index in [0.717, 1.165) is 0 Å². The third-order valence-corrected chi connectivity index (χ3v) is 6.49. The first kappa shape index (κ1) is 27.2. The van der Waals surface area contributed by atoms with Crippen molar-refractivity contribution in [1.29, 1.82) is 0 Å². The average molecular weight is 526 g/mol. The van der Waals surface area contributed by atoms with Crippen LogP contribution in [0, 0.1) is 0 Å². The summed E-state index contributed by atoms with van der Waals surface area (Å²) in [4.78, 5) is 23.8. The first-order valence-corrected chi connectivity index (χ1v) is 12.8. The molecule has 0 aliphatic heterocycles. The lowest BCUT2D eigenvalue weighted by atomic mass is 10.1. The lowest BCUT2D eigenvalue weighted by Gasteiger charge is -2.12. The first-order valence-electron chi connectivity index (χ1n) is 11.3. The number of carboxylic acids is 1. The molecule has 0 saturated heterocycles. The van der Waals surface area contributed by atoms with Crippen molar-refractivity contribution in [2.45, 2.75) is 24.7 Å². The predicted molar refractivity (Wildman–Crippen MR) is 139 cm³/mol.